The predicted molar refractivity (Wildman–Crippen MR) is 96.4 cm³/mol. The highest BCUT2D eigenvalue weighted by molar-refractivity contribution is 5.76. The summed E-state index contributed by atoms with van der Waals surface area (Å²) in [5.74, 6) is 0.654. The van der Waals surface area contributed by atoms with Gasteiger partial charge in [0.05, 0.1) is 0 Å². The van der Waals surface area contributed by atoms with Gasteiger partial charge in [-0.2, -0.15) is 5.10 Å². The van der Waals surface area contributed by atoms with Gasteiger partial charge in [0.2, 0.25) is 5.91 Å². The molecule has 1 N–H and O–H groups in total. The molecule has 0 bridgehead atoms. The maximum absolute atomic E-state index is 12.7. The van der Waals surface area contributed by atoms with E-state index in [1.807, 2.05) is 18.2 Å². The smallest absolute Gasteiger partial charge is 0.346 e. The number of carbonyl (C=O) groups excluding carboxylic acids is 1. The van der Waals surface area contributed by atoms with Crippen LogP contribution in [0.5, 0.6) is 0 Å². The van der Waals surface area contributed by atoms with Gasteiger partial charge in [0, 0.05) is 19.0 Å². The van der Waals surface area contributed by atoms with Gasteiger partial charge < -0.3 is 5.32 Å². The van der Waals surface area contributed by atoms with Gasteiger partial charge >= 0.3 is 5.69 Å². The standard InChI is InChI=1S/C19H26N4O2/c1-2-3-9-17-21-23(14-18(24)20-16-10-11-16)19(25)22(17)13-12-15-7-5-4-6-8-15/h4-8,16H,2-3,9-14H2,1H3,(H,20,24). The Morgan fingerprint density at radius 2 is 2.00 bits per heavy atom. The molecule has 0 saturated heterocycles. The van der Waals surface area contributed by atoms with E-state index in [0.29, 0.717) is 12.6 Å². The van der Waals surface area contributed by atoms with E-state index in [0.717, 1.165) is 44.3 Å². The van der Waals surface area contributed by atoms with Crippen LogP contribution in [0, 0.1) is 0 Å². The lowest BCUT2D eigenvalue weighted by Crippen LogP contribution is -2.34. The maximum Gasteiger partial charge on any atom is 0.346 e. The van der Waals surface area contributed by atoms with Gasteiger partial charge in [-0.05, 0) is 31.2 Å². The van der Waals surface area contributed by atoms with Gasteiger partial charge in [-0.1, -0.05) is 43.7 Å². The van der Waals surface area contributed by atoms with Crippen molar-refractivity contribution < 1.29 is 4.79 Å². The van der Waals surface area contributed by atoms with E-state index in [1.165, 1.54) is 10.2 Å². The third kappa shape index (κ3) is 4.81. The van der Waals surface area contributed by atoms with Crippen molar-refractivity contribution in [2.45, 2.75) is 64.6 Å². The summed E-state index contributed by atoms with van der Waals surface area (Å²) in [5, 5.41) is 7.34. The van der Waals surface area contributed by atoms with Crippen molar-refractivity contribution in [3.8, 4) is 0 Å². The first-order valence-corrected chi connectivity index (χ1v) is 9.17. The van der Waals surface area contributed by atoms with Crippen LogP contribution in [-0.4, -0.2) is 26.3 Å². The van der Waals surface area contributed by atoms with Crippen LogP contribution in [-0.2, 0) is 30.7 Å². The molecule has 134 valence electrons. The summed E-state index contributed by atoms with van der Waals surface area (Å²) in [5.41, 5.74) is 1.00. The number of hydrogen-bond donors (Lipinski definition) is 1. The van der Waals surface area contributed by atoms with E-state index >= 15 is 0 Å². The molecule has 1 aliphatic carbocycles. The lowest BCUT2D eigenvalue weighted by molar-refractivity contribution is -0.122. The van der Waals surface area contributed by atoms with Crippen LogP contribution in [0.15, 0.2) is 35.1 Å². The second-order valence-corrected chi connectivity index (χ2v) is 6.69. The van der Waals surface area contributed by atoms with Crippen molar-refractivity contribution in [3.63, 3.8) is 0 Å². The SMILES string of the molecule is CCCCc1nn(CC(=O)NC2CC2)c(=O)n1CCc1ccccc1. The minimum atomic E-state index is -0.187. The van der Waals surface area contributed by atoms with Crippen LogP contribution in [0.3, 0.4) is 0 Å². The summed E-state index contributed by atoms with van der Waals surface area (Å²) in [6.45, 7) is 2.71. The van der Waals surface area contributed by atoms with Crippen LogP contribution in [0.4, 0.5) is 0 Å². The highest BCUT2D eigenvalue weighted by Crippen LogP contribution is 2.18. The minimum Gasteiger partial charge on any atom is -0.352 e. The van der Waals surface area contributed by atoms with Crippen molar-refractivity contribution in [2.24, 2.45) is 0 Å². The molecule has 1 aromatic carbocycles. The molecular formula is C19H26N4O2. The molecule has 2 aromatic rings. The Morgan fingerprint density at radius 3 is 2.68 bits per heavy atom. The molecule has 1 fully saturated rings. The quantitative estimate of drug-likeness (QED) is 0.757. The molecule has 6 heteroatoms. The summed E-state index contributed by atoms with van der Waals surface area (Å²) in [4.78, 5) is 24.7. The van der Waals surface area contributed by atoms with Crippen molar-refractivity contribution in [1.29, 1.82) is 0 Å². The highest BCUT2D eigenvalue weighted by Gasteiger charge is 2.24. The molecule has 0 spiro atoms. The molecule has 0 unspecified atom stereocenters. The van der Waals surface area contributed by atoms with Crippen LogP contribution < -0.4 is 11.0 Å². The van der Waals surface area contributed by atoms with Crippen LogP contribution in [0.2, 0.25) is 0 Å². The fraction of sp³-hybridized carbons (Fsp3) is 0.526. The van der Waals surface area contributed by atoms with Crippen LogP contribution in [0.1, 0.15) is 44.0 Å². The van der Waals surface area contributed by atoms with Crippen molar-refractivity contribution in [3.05, 3.63) is 52.2 Å². The number of hydrogen-bond acceptors (Lipinski definition) is 3. The second kappa shape index (κ2) is 8.14. The van der Waals surface area contributed by atoms with Gasteiger partial charge in [-0.25, -0.2) is 9.48 Å². The fourth-order valence-electron chi connectivity index (χ4n) is 2.86. The Labute approximate surface area is 147 Å². The topological polar surface area (TPSA) is 68.9 Å². The minimum absolute atomic E-state index is 0.00674. The van der Waals surface area contributed by atoms with Crippen LogP contribution >= 0.6 is 0 Å². The average molecular weight is 342 g/mol. The highest BCUT2D eigenvalue weighted by atomic mass is 16.2. The van der Waals surface area contributed by atoms with Crippen molar-refractivity contribution in [2.75, 3.05) is 0 Å². The number of unbranched alkanes of at least 4 members (excludes halogenated alkanes) is 1. The van der Waals surface area contributed by atoms with Crippen molar-refractivity contribution >= 4 is 5.91 Å². The Bertz CT molecular complexity index is 759. The monoisotopic (exact) mass is 342 g/mol. The van der Waals surface area contributed by atoms with Gasteiger partial charge in [-0.3, -0.25) is 9.36 Å². The number of aromatic nitrogens is 3. The lowest BCUT2D eigenvalue weighted by Gasteiger charge is -2.05. The number of nitrogens with zero attached hydrogens (tertiary/aromatic N) is 3. The molecule has 3 rings (SSSR count). The summed E-state index contributed by atoms with van der Waals surface area (Å²) < 4.78 is 3.04. The zero-order valence-corrected chi connectivity index (χ0v) is 14.8. The number of rotatable bonds is 9. The summed E-state index contributed by atoms with van der Waals surface area (Å²) in [6, 6.07) is 10.4. The Morgan fingerprint density at radius 1 is 1.24 bits per heavy atom. The van der Waals surface area contributed by atoms with E-state index in [9.17, 15) is 9.59 Å². The van der Waals surface area contributed by atoms with Gasteiger partial charge in [-0.15, -0.1) is 0 Å². The fourth-order valence-corrected chi connectivity index (χ4v) is 2.86. The molecular weight excluding hydrogens is 316 g/mol. The molecule has 1 amide bonds. The zero-order valence-electron chi connectivity index (χ0n) is 14.8. The van der Waals surface area contributed by atoms with E-state index < -0.39 is 0 Å². The normalized spacial score (nSPS) is 13.8. The number of nitrogens with one attached hydrogen (secondary N) is 1. The van der Waals surface area contributed by atoms with E-state index in [1.54, 1.807) is 4.57 Å². The molecule has 1 aromatic heterocycles. The van der Waals surface area contributed by atoms with E-state index in [4.69, 9.17) is 0 Å². The lowest BCUT2D eigenvalue weighted by atomic mass is 10.1. The molecule has 1 heterocycles. The molecule has 6 nitrogen and oxygen atoms in total. The predicted octanol–water partition coefficient (Wildman–Crippen LogP) is 1.91. The number of carbonyl (C=O) groups is 1. The third-order valence-corrected chi connectivity index (χ3v) is 4.46. The molecule has 1 saturated carbocycles. The number of amides is 1. The van der Waals surface area contributed by atoms with Crippen LogP contribution in [0.25, 0.3) is 0 Å². The van der Waals surface area contributed by atoms with Crippen molar-refractivity contribution in [1.82, 2.24) is 19.7 Å². The zero-order chi connectivity index (χ0) is 17.6. The maximum atomic E-state index is 12.7. The largest absolute Gasteiger partial charge is 0.352 e. The third-order valence-electron chi connectivity index (χ3n) is 4.46. The first-order chi connectivity index (χ1) is 12.2. The number of benzene rings is 1. The molecule has 0 atom stereocenters. The van der Waals surface area contributed by atoms with E-state index in [-0.39, 0.29) is 18.1 Å². The first-order valence-electron chi connectivity index (χ1n) is 9.17. The van der Waals surface area contributed by atoms with Gasteiger partial charge in [0.1, 0.15) is 12.4 Å². The van der Waals surface area contributed by atoms with Gasteiger partial charge in [0.15, 0.2) is 0 Å². The Balaban J connectivity index is 1.73. The molecule has 25 heavy (non-hydrogen) atoms. The Kier molecular flexibility index (Phi) is 5.68. The first kappa shape index (κ1) is 17.5. The molecule has 0 radical (unpaired) electrons. The summed E-state index contributed by atoms with van der Waals surface area (Å²) in [6.07, 6.45) is 5.64. The molecule has 0 aliphatic heterocycles. The summed E-state index contributed by atoms with van der Waals surface area (Å²) in [7, 11) is 0. The molecule has 1 aliphatic rings. The number of aryl methyl sites for hydroxylation is 2. The Hall–Kier alpha value is -2.37. The average Bonchev–Trinajstić information content (AvgIpc) is 3.38. The van der Waals surface area contributed by atoms with E-state index in [2.05, 4.69) is 29.5 Å². The second-order valence-electron chi connectivity index (χ2n) is 6.69. The van der Waals surface area contributed by atoms with Gasteiger partial charge in [0.25, 0.3) is 0 Å². The summed E-state index contributed by atoms with van der Waals surface area (Å²) >= 11 is 0.